The lowest BCUT2D eigenvalue weighted by atomic mass is 10.1. The Labute approximate surface area is 245 Å². The molecule has 2 amide bonds. The van der Waals surface area contributed by atoms with E-state index in [2.05, 4.69) is 21.2 Å². The molecule has 1 aliphatic carbocycles. The van der Waals surface area contributed by atoms with E-state index >= 15 is 0 Å². The largest absolute Gasteiger partial charge is 0.352 e. The van der Waals surface area contributed by atoms with Gasteiger partial charge in [-0.3, -0.25) is 13.9 Å². The number of aryl methyl sites for hydroxylation is 1. The molecule has 3 aromatic carbocycles. The van der Waals surface area contributed by atoms with Gasteiger partial charge in [-0.1, -0.05) is 89.8 Å². The predicted octanol–water partition coefficient (Wildman–Crippen LogP) is 5.82. The molecular weight excluding hydrogens is 590 g/mol. The summed E-state index contributed by atoms with van der Waals surface area (Å²) in [5.74, 6) is -0.651. The normalized spacial score (nSPS) is 14.5. The Hall–Kier alpha value is -3.17. The summed E-state index contributed by atoms with van der Waals surface area (Å²) in [7, 11) is -4.10. The average Bonchev–Trinajstić information content (AvgIpc) is 3.45. The van der Waals surface area contributed by atoms with E-state index in [1.807, 2.05) is 44.2 Å². The summed E-state index contributed by atoms with van der Waals surface area (Å²) in [4.78, 5) is 29.2. The van der Waals surface area contributed by atoms with Crippen molar-refractivity contribution in [2.45, 2.75) is 69.5 Å². The number of hydrogen-bond donors (Lipinski definition) is 1. The van der Waals surface area contributed by atoms with Crippen molar-refractivity contribution in [2.24, 2.45) is 0 Å². The third kappa shape index (κ3) is 7.31. The maximum atomic E-state index is 14.1. The molecule has 1 atom stereocenters. The summed E-state index contributed by atoms with van der Waals surface area (Å²) in [5.41, 5.74) is 2.14. The third-order valence-corrected chi connectivity index (χ3v) is 9.55. The summed E-state index contributed by atoms with van der Waals surface area (Å²) < 4.78 is 29.7. The number of amides is 2. The van der Waals surface area contributed by atoms with E-state index in [4.69, 9.17) is 0 Å². The van der Waals surface area contributed by atoms with Crippen molar-refractivity contribution in [3.8, 4) is 0 Å². The zero-order valence-corrected chi connectivity index (χ0v) is 25.3. The minimum atomic E-state index is -4.10. The molecule has 0 spiro atoms. The first-order valence-electron chi connectivity index (χ1n) is 13.7. The van der Waals surface area contributed by atoms with Gasteiger partial charge in [-0.15, -0.1) is 0 Å². The number of halogens is 1. The van der Waals surface area contributed by atoms with E-state index in [-0.39, 0.29) is 23.4 Å². The standard InChI is InChI=1S/C31H36BrN3O4S/c1-3-29(31(37)33-26-13-7-8-14-26)34(21-24-10-5-4-6-11-24)30(36)22-35(27-15-9-12-25(32)20-27)40(38,39)28-18-16-23(2)17-19-28/h4-6,9-12,15-20,26,29H,3,7-8,13-14,21-22H2,1-2H3,(H,33,37)/t29-/m0/s1. The van der Waals surface area contributed by atoms with Gasteiger partial charge in [0.15, 0.2) is 0 Å². The summed E-state index contributed by atoms with van der Waals surface area (Å²) in [5, 5.41) is 3.13. The second-order valence-corrected chi connectivity index (χ2v) is 13.0. The van der Waals surface area contributed by atoms with Gasteiger partial charge in [0.25, 0.3) is 10.0 Å². The molecule has 0 aliphatic heterocycles. The summed E-state index contributed by atoms with van der Waals surface area (Å²) >= 11 is 3.43. The summed E-state index contributed by atoms with van der Waals surface area (Å²) in [6, 6.07) is 22.2. The monoisotopic (exact) mass is 625 g/mol. The van der Waals surface area contributed by atoms with Gasteiger partial charge in [0.05, 0.1) is 10.6 Å². The van der Waals surface area contributed by atoms with Crippen LogP contribution in [0.15, 0.2) is 88.2 Å². The number of carbonyl (C=O) groups is 2. The molecule has 1 fully saturated rings. The zero-order valence-electron chi connectivity index (χ0n) is 22.9. The van der Waals surface area contributed by atoms with Gasteiger partial charge < -0.3 is 10.2 Å². The van der Waals surface area contributed by atoms with Gasteiger partial charge in [0, 0.05) is 17.1 Å². The van der Waals surface area contributed by atoms with Gasteiger partial charge in [0.2, 0.25) is 11.8 Å². The molecular formula is C31H36BrN3O4S. The van der Waals surface area contributed by atoms with Crippen LogP contribution in [-0.2, 0) is 26.2 Å². The van der Waals surface area contributed by atoms with Crippen molar-refractivity contribution in [3.05, 3.63) is 94.5 Å². The molecule has 0 aromatic heterocycles. The third-order valence-electron chi connectivity index (χ3n) is 7.27. The molecule has 1 saturated carbocycles. The van der Waals surface area contributed by atoms with Crippen molar-refractivity contribution in [2.75, 3.05) is 10.8 Å². The number of rotatable bonds is 11. The molecule has 0 heterocycles. The molecule has 4 rings (SSSR count). The lowest BCUT2D eigenvalue weighted by Crippen LogP contribution is -2.53. The molecule has 0 radical (unpaired) electrons. The SMILES string of the molecule is CC[C@@H](C(=O)NC1CCCC1)N(Cc1ccccc1)C(=O)CN(c1cccc(Br)c1)S(=O)(=O)c1ccc(C)cc1. The highest BCUT2D eigenvalue weighted by Crippen LogP contribution is 2.27. The quantitative estimate of drug-likeness (QED) is 0.291. The van der Waals surface area contributed by atoms with E-state index in [1.165, 1.54) is 4.90 Å². The van der Waals surface area contributed by atoms with Crippen molar-refractivity contribution >= 4 is 43.5 Å². The predicted molar refractivity (Wildman–Crippen MR) is 161 cm³/mol. The van der Waals surface area contributed by atoms with Gasteiger partial charge >= 0.3 is 0 Å². The lowest BCUT2D eigenvalue weighted by Gasteiger charge is -2.33. The average molecular weight is 627 g/mol. The fourth-order valence-corrected chi connectivity index (χ4v) is 6.86. The minimum absolute atomic E-state index is 0.0894. The molecule has 1 aliphatic rings. The Balaban J connectivity index is 1.70. The van der Waals surface area contributed by atoms with Crippen molar-refractivity contribution < 1.29 is 18.0 Å². The van der Waals surface area contributed by atoms with Crippen LogP contribution in [0.5, 0.6) is 0 Å². The van der Waals surface area contributed by atoms with Crippen LogP contribution in [0.3, 0.4) is 0 Å². The van der Waals surface area contributed by atoms with E-state index in [0.29, 0.717) is 16.6 Å². The van der Waals surface area contributed by atoms with Crippen LogP contribution < -0.4 is 9.62 Å². The van der Waals surface area contributed by atoms with Crippen LogP contribution in [0.2, 0.25) is 0 Å². The van der Waals surface area contributed by atoms with Crippen LogP contribution in [0.4, 0.5) is 5.69 Å². The smallest absolute Gasteiger partial charge is 0.264 e. The number of benzene rings is 3. The Morgan fingerprint density at radius 3 is 2.27 bits per heavy atom. The zero-order chi connectivity index (χ0) is 28.7. The number of sulfonamides is 1. The molecule has 0 unspecified atom stereocenters. The molecule has 9 heteroatoms. The van der Waals surface area contributed by atoms with Crippen LogP contribution >= 0.6 is 15.9 Å². The highest BCUT2D eigenvalue weighted by Gasteiger charge is 2.34. The maximum absolute atomic E-state index is 14.1. The van der Waals surface area contributed by atoms with Crippen molar-refractivity contribution in [3.63, 3.8) is 0 Å². The Bertz CT molecular complexity index is 1410. The molecule has 0 saturated heterocycles. The van der Waals surface area contributed by atoms with E-state index < -0.39 is 28.5 Å². The fraction of sp³-hybridized carbons (Fsp3) is 0.355. The topological polar surface area (TPSA) is 86.8 Å². The number of carbonyl (C=O) groups excluding carboxylic acids is 2. The van der Waals surface area contributed by atoms with Crippen LogP contribution in [0.1, 0.15) is 50.2 Å². The minimum Gasteiger partial charge on any atom is -0.352 e. The molecule has 212 valence electrons. The number of nitrogens with zero attached hydrogens (tertiary/aromatic N) is 2. The number of anilines is 1. The van der Waals surface area contributed by atoms with Gasteiger partial charge in [-0.25, -0.2) is 8.42 Å². The molecule has 7 nitrogen and oxygen atoms in total. The summed E-state index contributed by atoms with van der Waals surface area (Å²) in [6.45, 7) is 3.49. The molecule has 40 heavy (non-hydrogen) atoms. The van der Waals surface area contributed by atoms with E-state index in [1.54, 1.807) is 48.5 Å². The Kier molecular flexibility index (Phi) is 10.0. The first-order valence-corrected chi connectivity index (χ1v) is 15.9. The Morgan fingerprint density at radius 1 is 0.975 bits per heavy atom. The molecule has 1 N–H and O–H groups in total. The van der Waals surface area contributed by atoms with Crippen molar-refractivity contribution in [1.82, 2.24) is 10.2 Å². The molecule has 0 bridgehead atoms. The number of hydrogen-bond acceptors (Lipinski definition) is 4. The van der Waals surface area contributed by atoms with Gasteiger partial charge in [-0.05, 0) is 62.1 Å². The second-order valence-electron chi connectivity index (χ2n) is 10.2. The second kappa shape index (κ2) is 13.5. The first kappa shape index (κ1) is 29.8. The highest BCUT2D eigenvalue weighted by atomic mass is 79.9. The Morgan fingerprint density at radius 2 is 1.65 bits per heavy atom. The van der Waals surface area contributed by atoms with Crippen LogP contribution in [0.25, 0.3) is 0 Å². The maximum Gasteiger partial charge on any atom is 0.264 e. The van der Waals surface area contributed by atoms with E-state index in [0.717, 1.165) is 41.1 Å². The molecule has 3 aromatic rings. The van der Waals surface area contributed by atoms with Crippen molar-refractivity contribution in [1.29, 1.82) is 0 Å². The van der Waals surface area contributed by atoms with Gasteiger partial charge in [-0.2, -0.15) is 0 Å². The summed E-state index contributed by atoms with van der Waals surface area (Å²) in [6.07, 6.45) is 4.42. The first-order chi connectivity index (χ1) is 19.2. The highest BCUT2D eigenvalue weighted by molar-refractivity contribution is 9.10. The van der Waals surface area contributed by atoms with E-state index in [9.17, 15) is 18.0 Å². The van der Waals surface area contributed by atoms with Crippen LogP contribution in [-0.4, -0.2) is 43.8 Å². The number of nitrogens with one attached hydrogen (secondary N) is 1. The lowest BCUT2D eigenvalue weighted by molar-refractivity contribution is -0.140. The van der Waals surface area contributed by atoms with Crippen LogP contribution in [0, 0.1) is 6.92 Å². The van der Waals surface area contributed by atoms with Gasteiger partial charge in [0.1, 0.15) is 12.6 Å². The fourth-order valence-electron chi connectivity index (χ4n) is 5.06.